The van der Waals surface area contributed by atoms with Gasteiger partial charge in [-0.15, -0.1) is 0 Å². The van der Waals surface area contributed by atoms with Crippen LogP contribution < -0.4 is 0 Å². The van der Waals surface area contributed by atoms with Crippen LogP contribution in [0.5, 0.6) is 0 Å². The molecule has 0 amide bonds. The fourth-order valence-electron chi connectivity index (χ4n) is 3.83. The van der Waals surface area contributed by atoms with Crippen molar-refractivity contribution in [1.82, 2.24) is 0 Å². The summed E-state index contributed by atoms with van der Waals surface area (Å²) in [4.78, 5) is 0.967. The van der Waals surface area contributed by atoms with Crippen LogP contribution in [0.15, 0.2) is 36.4 Å². The highest BCUT2D eigenvalue weighted by atomic mass is 32.1. The minimum atomic E-state index is 0.218. The maximum absolute atomic E-state index is 5.86. The van der Waals surface area contributed by atoms with Crippen LogP contribution in [0.3, 0.4) is 0 Å². The van der Waals surface area contributed by atoms with Crippen LogP contribution in [-0.4, -0.2) is 4.86 Å². The number of hydrogen-bond acceptors (Lipinski definition) is 1. The molecule has 0 bridgehead atoms. The van der Waals surface area contributed by atoms with Gasteiger partial charge in [0.2, 0.25) is 0 Å². The number of rotatable bonds is 2. The molecule has 1 aliphatic rings. The SMILES string of the molecule is CC.Cc1ccc(C(=S)c2cc3c(cc2C)C(C)(C)CCC3(C)C)cc1. The van der Waals surface area contributed by atoms with Crippen molar-refractivity contribution in [2.75, 3.05) is 0 Å². The lowest BCUT2D eigenvalue weighted by molar-refractivity contribution is 0.331. The van der Waals surface area contributed by atoms with E-state index < -0.39 is 0 Å². The second-order valence-corrected chi connectivity index (χ2v) is 9.08. The molecule has 0 unspecified atom stereocenters. The third-order valence-electron chi connectivity index (χ3n) is 5.76. The number of hydrogen-bond donors (Lipinski definition) is 0. The number of fused-ring (bicyclic) bond motifs is 1. The highest BCUT2D eigenvalue weighted by molar-refractivity contribution is 7.81. The molecule has 1 aliphatic carbocycles. The Morgan fingerprint density at radius 2 is 1.27 bits per heavy atom. The summed E-state index contributed by atoms with van der Waals surface area (Å²) in [5.41, 5.74) is 8.39. The Hall–Kier alpha value is -1.47. The first-order valence-corrected chi connectivity index (χ1v) is 10.3. The van der Waals surface area contributed by atoms with Crippen LogP contribution in [0.1, 0.15) is 87.8 Å². The second-order valence-electron chi connectivity index (χ2n) is 8.68. The first kappa shape index (κ1) is 20.8. The maximum atomic E-state index is 5.86. The van der Waals surface area contributed by atoms with E-state index in [1.807, 2.05) is 13.8 Å². The summed E-state index contributed by atoms with van der Waals surface area (Å²) in [5.74, 6) is 0. The molecule has 0 radical (unpaired) electrons. The van der Waals surface area contributed by atoms with Crippen molar-refractivity contribution in [3.8, 4) is 0 Å². The molecular formula is C25H34S. The summed E-state index contributed by atoms with van der Waals surface area (Å²) in [5, 5.41) is 0. The lowest BCUT2D eigenvalue weighted by atomic mass is 9.62. The molecule has 0 fully saturated rings. The molecule has 140 valence electrons. The van der Waals surface area contributed by atoms with Crippen molar-refractivity contribution in [3.05, 3.63) is 69.8 Å². The molecule has 26 heavy (non-hydrogen) atoms. The fraction of sp³-hybridized carbons (Fsp3) is 0.480. The Labute approximate surface area is 166 Å². The molecule has 2 aromatic carbocycles. The van der Waals surface area contributed by atoms with E-state index in [2.05, 4.69) is 77.9 Å². The van der Waals surface area contributed by atoms with Crippen molar-refractivity contribution >= 4 is 17.1 Å². The third kappa shape index (κ3) is 3.93. The van der Waals surface area contributed by atoms with Gasteiger partial charge in [-0.1, -0.05) is 89.7 Å². The van der Waals surface area contributed by atoms with Crippen molar-refractivity contribution in [1.29, 1.82) is 0 Å². The van der Waals surface area contributed by atoms with Crippen LogP contribution >= 0.6 is 12.2 Å². The Morgan fingerprint density at radius 3 is 1.77 bits per heavy atom. The summed E-state index contributed by atoms with van der Waals surface area (Å²) >= 11 is 5.86. The molecule has 0 N–H and O–H groups in total. The summed E-state index contributed by atoms with van der Waals surface area (Å²) in [6.45, 7) is 17.8. The number of aryl methyl sites for hydroxylation is 2. The molecule has 0 saturated carbocycles. The summed E-state index contributed by atoms with van der Waals surface area (Å²) in [6.07, 6.45) is 2.47. The van der Waals surface area contributed by atoms with E-state index in [4.69, 9.17) is 12.2 Å². The zero-order valence-electron chi connectivity index (χ0n) is 17.8. The molecule has 0 heterocycles. The van der Waals surface area contributed by atoms with E-state index >= 15 is 0 Å². The Morgan fingerprint density at radius 1 is 0.808 bits per heavy atom. The predicted molar refractivity (Wildman–Crippen MR) is 120 cm³/mol. The zero-order chi connectivity index (χ0) is 19.7. The van der Waals surface area contributed by atoms with Gasteiger partial charge >= 0.3 is 0 Å². The Bertz CT molecular complexity index is 792. The first-order valence-electron chi connectivity index (χ1n) is 9.89. The Balaban J connectivity index is 0.00000117. The second kappa shape index (κ2) is 7.64. The molecule has 0 aliphatic heterocycles. The predicted octanol–water partition coefficient (Wildman–Crippen LogP) is 7.44. The van der Waals surface area contributed by atoms with E-state index in [9.17, 15) is 0 Å². The molecule has 0 saturated heterocycles. The standard InChI is InChI=1S/C23H28S.C2H6/c1-15-7-9-17(10-8-15)21(24)18-14-20-19(13-16(18)2)22(3,4)11-12-23(20,5)6;1-2/h7-10,13-14H,11-12H2,1-6H3;1-2H3. The maximum Gasteiger partial charge on any atom is 0.0524 e. The molecule has 2 aromatic rings. The van der Waals surface area contributed by atoms with Crippen molar-refractivity contribution in [3.63, 3.8) is 0 Å². The monoisotopic (exact) mass is 366 g/mol. The molecule has 3 rings (SSSR count). The molecular weight excluding hydrogens is 332 g/mol. The van der Waals surface area contributed by atoms with Crippen LogP contribution in [0, 0.1) is 13.8 Å². The van der Waals surface area contributed by atoms with Gasteiger partial charge in [0.25, 0.3) is 0 Å². The van der Waals surface area contributed by atoms with Crippen LogP contribution in [0.4, 0.5) is 0 Å². The van der Waals surface area contributed by atoms with Gasteiger partial charge in [-0.25, -0.2) is 0 Å². The van der Waals surface area contributed by atoms with E-state index in [1.165, 1.54) is 40.7 Å². The summed E-state index contributed by atoms with van der Waals surface area (Å²) < 4.78 is 0. The zero-order valence-corrected chi connectivity index (χ0v) is 18.6. The normalized spacial score (nSPS) is 16.9. The van der Waals surface area contributed by atoms with Crippen LogP contribution in [0.2, 0.25) is 0 Å². The number of thiocarbonyl (C=S) groups is 1. The van der Waals surface area contributed by atoms with Gasteiger partial charge in [-0.3, -0.25) is 0 Å². The van der Waals surface area contributed by atoms with Crippen molar-refractivity contribution < 1.29 is 0 Å². The molecule has 0 spiro atoms. The average molecular weight is 367 g/mol. The third-order valence-corrected chi connectivity index (χ3v) is 6.21. The van der Waals surface area contributed by atoms with E-state index in [0.717, 1.165) is 10.4 Å². The lowest BCUT2D eigenvalue weighted by Crippen LogP contribution is -2.34. The molecule has 0 aromatic heterocycles. The smallest absolute Gasteiger partial charge is 0.0524 e. The van der Waals surface area contributed by atoms with Crippen LogP contribution in [-0.2, 0) is 10.8 Å². The van der Waals surface area contributed by atoms with Gasteiger partial charge in [-0.2, -0.15) is 0 Å². The summed E-state index contributed by atoms with van der Waals surface area (Å²) in [7, 11) is 0. The fourth-order valence-corrected chi connectivity index (χ4v) is 4.18. The highest BCUT2D eigenvalue weighted by Crippen LogP contribution is 2.46. The molecule has 0 atom stereocenters. The Kier molecular flexibility index (Phi) is 6.13. The van der Waals surface area contributed by atoms with Gasteiger partial charge in [0.15, 0.2) is 0 Å². The van der Waals surface area contributed by atoms with E-state index in [0.29, 0.717) is 0 Å². The molecule has 1 heteroatoms. The van der Waals surface area contributed by atoms with Gasteiger partial charge in [0, 0.05) is 0 Å². The lowest BCUT2D eigenvalue weighted by Gasteiger charge is -2.42. The van der Waals surface area contributed by atoms with Gasteiger partial charge in [0.05, 0.1) is 4.86 Å². The minimum absolute atomic E-state index is 0.218. The average Bonchev–Trinajstić information content (AvgIpc) is 2.61. The van der Waals surface area contributed by atoms with Gasteiger partial charge < -0.3 is 0 Å². The van der Waals surface area contributed by atoms with E-state index in [-0.39, 0.29) is 10.8 Å². The van der Waals surface area contributed by atoms with E-state index in [1.54, 1.807) is 0 Å². The minimum Gasteiger partial charge on any atom is -0.0788 e. The summed E-state index contributed by atoms with van der Waals surface area (Å²) in [6, 6.07) is 13.3. The van der Waals surface area contributed by atoms with Gasteiger partial charge in [-0.05, 0) is 71.4 Å². The number of benzene rings is 2. The highest BCUT2D eigenvalue weighted by Gasteiger charge is 2.37. The van der Waals surface area contributed by atoms with Crippen LogP contribution in [0.25, 0.3) is 0 Å². The van der Waals surface area contributed by atoms with Crippen molar-refractivity contribution in [2.24, 2.45) is 0 Å². The molecule has 0 nitrogen and oxygen atoms in total. The topological polar surface area (TPSA) is 0 Å². The largest absolute Gasteiger partial charge is 0.0788 e. The first-order chi connectivity index (χ1) is 12.1. The van der Waals surface area contributed by atoms with Gasteiger partial charge in [0.1, 0.15) is 0 Å². The quantitative estimate of drug-likeness (QED) is 0.393. The van der Waals surface area contributed by atoms with Crippen molar-refractivity contribution in [2.45, 2.75) is 79.1 Å².